The molecule has 2 rings (SSSR count). The van der Waals surface area contributed by atoms with Crippen molar-refractivity contribution in [2.75, 3.05) is 7.11 Å². The quantitative estimate of drug-likeness (QED) is 0.826. The lowest BCUT2D eigenvalue weighted by atomic mass is 10.00. The lowest BCUT2D eigenvalue weighted by Gasteiger charge is -2.11. The van der Waals surface area contributed by atoms with Gasteiger partial charge in [-0.25, -0.2) is 0 Å². The van der Waals surface area contributed by atoms with Crippen molar-refractivity contribution in [3.63, 3.8) is 0 Å². The second kappa shape index (κ2) is 5.54. The van der Waals surface area contributed by atoms with E-state index in [9.17, 15) is 15.0 Å². The maximum atomic E-state index is 12.1. The molecule has 0 fully saturated rings. The Kier molecular flexibility index (Phi) is 3.82. The van der Waals surface area contributed by atoms with Crippen LogP contribution in [0.5, 0.6) is 11.5 Å². The first-order valence-corrected chi connectivity index (χ1v) is 5.77. The Hall–Kier alpha value is -2.33. The molecular formula is C15H14O4. The lowest BCUT2D eigenvalue weighted by molar-refractivity contribution is 0.0747. The number of hydrogen-bond acceptors (Lipinski definition) is 4. The molecule has 0 bridgehead atoms. The zero-order valence-electron chi connectivity index (χ0n) is 10.4. The van der Waals surface area contributed by atoms with E-state index in [2.05, 4.69) is 0 Å². The molecule has 0 saturated heterocycles. The second-order valence-corrected chi connectivity index (χ2v) is 4.09. The number of ether oxygens (including phenoxy) is 1. The van der Waals surface area contributed by atoms with Crippen molar-refractivity contribution in [2.24, 2.45) is 0 Å². The SMILES string of the molecule is COc1ccc(C(O)C(=O)c2cccc(O)c2)cc1. The highest BCUT2D eigenvalue weighted by Crippen LogP contribution is 2.22. The maximum absolute atomic E-state index is 12.1. The molecule has 0 aliphatic heterocycles. The molecule has 4 nitrogen and oxygen atoms in total. The van der Waals surface area contributed by atoms with Crippen LogP contribution in [0.3, 0.4) is 0 Å². The van der Waals surface area contributed by atoms with E-state index in [1.165, 1.54) is 12.1 Å². The van der Waals surface area contributed by atoms with Crippen molar-refractivity contribution < 1.29 is 19.7 Å². The minimum atomic E-state index is -1.26. The topological polar surface area (TPSA) is 66.8 Å². The van der Waals surface area contributed by atoms with Crippen LogP contribution < -0.4 is 4.74 Å². The van der Waals surface area contributed by atoms with E-state index in [1.807, 2.05) is 0 Å². The molecule has 0 aromatic heterocycles. The molecule has 0 aliphatic rings. The van der Waals surface area contributed by atoms with E-state index in [0.29, 0.717) is 11.3 Å². The van der Waals surface area contributed by atoms with Crippen molar-refractivity contribution in [3.8, 4) is 11.5 Å². The fourth-order valence-corrected chi connectivity index (χ4v) is 1.75. The van der Waals surface area contributed by atoms with Gasteiger partial charge < -0.3 is 14.9 Å². The van der Waals surface area contributed by atoms with Crippen LogP contribution in [0.25, 0.3) is 0 Å². The number of Topliss-reactive ketones (excluding diaryl/α,β-unsaturated/α-hetero) is 1. The summed E-state index contributed by atoms with van der Waals surface area (Å²) >= 11 is 0. The predicted octanol–water partition coefficient (Wildman–Crippen LogP) is 2.32. The number of methoxy groups -OCH3 is 1. The third-order valence-electron chi connectivity index (χ3n) is 2.81. The first kappa shape index (κ1) is 13.1. The molecule has 0 amide bonds. The number of aliphatic hydroxyl groups is 1. The third kappa shape index (κ3) is 2.92. The summed E-state index contributed by atoms with van der Waals surface area (Å²) < 4.78 is 5.01. The second-order valence-electron chi connectivity index (χ2n) is 4.09. The normalized spacial score (nSPS) is 11.9. The largest absolute Gasteiger partial charge is 0.508 e. The molecule has 4 heteroatoms. The van der Waals surface area contributed by atoms with Crippen molar-refractivity contribution in [2.45, 2.75) is 6.10 Å². The zero-order chi connectivity index (χ0) is 13.8. The first-order valence-electron chi connectivity index (χ1n) is 5.77. The van der Waals surface area contributed by atoms with Crippen molar-refractivity contribution in [1.29, 1.82) is 0 Å². The Morgan fingerprint density at radius 1 is 1.16 bits per heavy atom. The predicted molar refractivity (Wildman–Crippen MR) is 70.4 cm³/mol. The maximum Gasteiger partial charge on any atom is 0.195 e. The number of rotatable bonds is 4. The number of aliphatic hydroxyl groups excluding tert-OH is 1. The summed E-state index contributed by atoms with van der Waals surface area (Å²) in [5.74, 6) is 0.189. The number of phenolic OH excluding ortho intramolecular Hbond substituents is 1. The van der Waals surface area contributed by atoms with E-state index in [1.54, 1.807) is 43.5 Å². The lowest BCUT2D eigenvalue weighted by Crippen LogP contribution is -2.12. The number of carbonyl (C=O) groups is 1. The molecule has 0 heterocycles. The number of phenols is 1. The van der Waals surface area contributed by atoms with Gasteiger partial charge >= 0.3 is 0 Å². The van der Waals surface area contributed by atoms with E-state index in [0.717, 1.165) is 0 Å². The van der Waals surface area contributed by atoms with E-state index in [4.69, 9.17) is 4.74 Å². The summed E-state index contributed by atoms with van der Waals surface area (Å²) in [5.41, 5.74) is 0.748. The molecule has 98 valence electrons. The van der Waals surface area contributed by atoms with E-state index >= 15 is 0 Å². The molecule has 19 heavy (non-hydrogen) atoms. The van der Waals surface area contributed by atoms with E-state index in [-0.39, 0.29) is 11.3 Å². The van der Waals surface area contributed by atoms with Crippen LogP contribution in [0.15, 0.2) is 48.5 Å². The van der Waals surface area contributed by atoms with Crippen LogP contribution in [-0.4, -0.2) is 23.1 Å². The average molecular weight is 258 g/mol. The highest BCUT2D eigenvalue weighted by molar-refractivity contribution is 6.00. The number of ketones is 1. The van der Waals surface area contributed by atoms with Crippen LogP contribution in [0, 0.1) is 0 Å². The average Bonchev–Trinajstić information content (AvgIpc) is 2.46. The molecule has 1 atom stereocenters. The summed E-state index contributed by atoms with van der Waals surface area (Å²) in [6, 6.07) is 12.5. The Labute approximate surface area is 110 Å². The number of benzene rings is 2. The van der Waals surface area contributed by atoms with Gasteiger partial charge in [0.1, 0.15) is 17.6 Å². The summed E-state index contributed by atoms with van der Waals surface area (Å²) in [4.78, 5) is 12.1. The highest BCUT2D eigenvalue weighted by Gasteiger charge is 2.19. The molecule has 2 N–H and O–H groups in total. The van der Waals surface area contributed by atoms with Gasteiger partial charge in [0.05, 0.1) is 7.11 Å². The van der Waals surface area contributed by atoms with Gasteiger partial charge in [0, 0.05) is 5.56 Å². The minimum Gasteiger partial charge on any atom is -0.508 e. The molecule has 1 unspecified atom stereocenters. The Bertz CT molecular complexity index is 575. The molecule has 0 saturated carbocycles. The standard InChI is InChI=1S/C15H14O4/c1-19-13-7-5-10(6-8-13)14(17)15(18)11-3-2-4-12(16)9-11/h2-9,14,16-17H,1H3. The van der Waals surface area contributed by atoms with Gasteiger partial charge in [0.25, 0.3) is 0 Å². The zero-order valence-corrected chi connectivity index (χ0v) is 10.4. The van der Waals surface area contributed by atoms with E-state index < -0.39 is 11.9 Å². The molecule has 2 aromatic rings. The highest BCUT2D eigenvalue weighted by atomic mass is 16.5. The monoisotopic (exact) mass is 258 g/mol. The van der Waals surface area contributed by atoms with Crippen molar-refractivity contribution >= 4 is 5.78 Å². The van der Waals surface area contributed by atoms with Gasteiger partial charge in [-0.15, -0.1) is 0 Å². The molecular weight excluding hydrogens is 244 g/mol. The third-order valence-corrected chi connectivity index (χ3v) is 2.81. The Balaban J connectivity index is 2.23. The van der Waals surface area contributed by atoms with Gasteiger partial charge in [-0.1, -0.05) is 24.3 Å². The summed E-state index contributed by atoms with van der Waals surface area (Å²) in [5, 5.41) is 19.4. The Morgan fingerprint density at radius 3 is 2.42 bits per heavy atom. The first-order chi connectivity index (χ1) is 9.11. The van der Waals surface area contributed by atoms with Gasteiger partial charge in [-0.05, 0) is 29.8 Å². The molecule has 2 aromatic carbocycles. The van der Waals surface area contributed by atoms with Gasteiger partial charge in [0.2, 0.25) is 0 Å². The Morgan fingerprint density at radius 2 is 1.84 bits per heavy atom. The van der Waals surface area contributed by atoms with Crippen LogP contribution >= 0.6 is 0 Å². The van der Waals surface area contributed by atoms with Crippen LogP contribution in [0.1, 0.15) is 22.0 Å². The fourth-order valence-electron chi connectivity index (χ4n) is 1.75. The summed E-state index contributed by atoms with van der Waals surface area (Å²) in [7, 11) is 1.54. The smallest absolute Gasteiger partial charge is 0.195 e. The number of aromatic hydroxyl groups is 1. The minimum absolute atomic E-state index is 0.00668. The summed E-state index contributed by atoms with van der Waals surface area (Å²) in [6.07, 6.45) is -1.26. The summed E-state index contributed by atoms with van der Waals surface area (Å²) in [6.45, 7) is 0. The van der Waals surface area contributed by atoms with Gasteiger partial charge in [-0.3, -0.25) is 4.79 Å². The fraction of sp³-hybridized carbons (Fsp3) is 0.133. The molecule has 0 spiro atoms. The van der Waals surface area contributed by atoms with Gasteiger partial charge in [0.15, 0.2) is 5.78 Å². The molecule has 0 radical (unpaired) electrons. The van der Waals surface area contributed by atoms with Gasteiger partial charge in [-0.2, -0.15) is 0 Å². The van der Waals surface area contributed by atoms with Crippen LogP contribution in [0.4, 0.5) is 0 Å². The number of hydrogen-bond donors (Lipinski definition) is 2. The number of carbonyl (C=O) groups excluding carboxylic acids is 1. The van der Waals surface area contributed by atoms with Crippen LogP contribution in [-0.2, 0) is 0 Å². The van der Waals surface area contributed by atoms with Crippen molar-refractivity contribution in [3.05, 3.63) is 59.7 Å². The van der Waals surface area contributed by atoms with Crippen LogP contribution in [0.2, 0.25) is 0 Å². The molecule has 0 aliphatic carbocycles. The van der Waals surface area contributed by atoms with Crippen molar-refractivity contribution in [1.82, 2.24) is 0 Å².